The van der Waals surface area contributed by atoms with Gasteiger partial charge in [-0.2, -0.15) is 0 Å². The molecule has 0 spiro atoms. The Kier molecular flexibility index (Phi) is 21.6. The number of aryl methyl sites for hydroxylation is 4. The van der Waals surface area contributed by atoms with E-state index >= 15 is 0 Å². The lowest BCUT2D eigenvalue weighted by Gasteiger charge is -2.03. The fourth-order valence-electron chi connectivity index (χ4n) is 7.08. The molecule has 1 aromatic heterocycles. The second kappa shape index (κ2) is 28.8. The van der Waals surface area contributed by atoms with Crippen LogP contribution in [0.1, 0.15) is 60.4 Å². The molecule has 0 aliphatic rings. The molecule has 0 aliphatic heterocycles. The molecule has 0 saturated carbocycles. The van der Waals surface area contributed by atoms with Crippen molar-refractivity contribution in [3.8, 4) is 28.7 Å². The quantitative estimate of drug-likeness (QED) is 0.0556. The minimum Gasteiger partial charge on any atom is -0.507 e. The van der Waals surface area contributed by atoms with Crippen molar-refractivity contribution in [2.45, 2.75) is 34.2 Å². The van der Waals surface area contributed by atoms with Crippen molar-refractivity contribution >= 4 is 86.3 Å². The third kappa shape index (κ3) is 18.3. The molecule has 0 fully saturated rings. The Bertz CT molecular complexity index is 3520. The Morgan fingerprint density at radius 1 is 0.584 bits per heavy atom. The minimum absolute atomic E-state index is 0.0654. The average Bonchev–Trinajstić information content (AvgIpc) is 3.91. The van der Waals surface area contributed by atoms with Crippen LogP contribution in [0.3, 0.4) is 0 Å². The maximum Gasteiger partial charge on any atom is 0.188 e. The third-order valence-corrected chi connectivity index (χ3v) is 12.1. The van der Waals surface area contributed by atoms with Gasteiger partial charge in [0.05, 0.1) is 52.6 Å². The monoisotopic (exact) mass is 1110 g/mol. The molecule has 9 aromatic rings. The summed E-state index contributed by atoms with van der Waals surface area (Å²) in [6.07, 6.45) is 8.26. The van der Waals surface area contributed by atoms with E-state index in [-0.39, 0.29) is 35.4 Å². The number of carbonyl (C=O) groups is 1. The number of halogens is 2. The molecule has 0 saturated heterocycles. The number of nitrogens with one attached hydrogen (secondary N) is 1. The van der Waals surface area contributed by atoms with Crippen LogP contribution in [0.2, 0.25) is 5.02 Å². The Labute approximate surface area is 461 Å². The highest BCUT2D eigenvalue weighted by molar-refractivity contribution is 9.10. The number of imidazole rings is 1. The first-order chi connectivity index (χ1) is 37.1. The van der Waals surface area contributed by atoms with Crippen LogP contribution in [0.15, 0.2) is 188 Å². The number of hydrogen-bond donors (Lipinski definition) is 5. The predicted molar refractivity (Wildman–Crippen MR) is 315 cm³/mol. The molecule has 0 aliphatic carbocycles. The maximum absolute atomic E-state index is 11.6. The number of aromatic hydroxyl groups is 4. The number of benzene rings is 8. The molecule has 0 unspecified atom stereocenters. The predicted octanol–water partition coefficient (Wildman–Crippen LogP) is 14.8. The van der Waals surface area contributed by atoms with Gasteiger partial charge >= 0.3 is 0 Å². The summed E-state index contributed by atoms with van der Waals surface area (Å²) >= 11 is 9.11. The number of phenolic OH excluding ortho intramolecular Hbond substituents is 4. The zero-order valence-electron chi connectivity index (χ0n) is 43.3. The molecule has 1 heterocycles. The third-order valence-electron chi connectivity index (χ3n) is 11.2. The lowest BCUT2D eigenvalue weighted by Crippen LogP contribution is -2.06. The normalized spacial score (nSPS) is 11.1. The van der Waals surface area contributed by atoms with Crippen LogP contribution in [-0.2, 0) is 11.3 Å². The summed E-state index contributed by atoms with van der Waals surface area (Å²) in [5, 5.41) is 39.7. The molecule has 0 radical (unpaired) electrons. The molecular formula is C62H58BrClN6O7. The summed E-state index contributed by atoms with van der Waals surface area (Å²) in [7, 11) is 3.14. The van der Waals surface area contributed by atoms with Crippen molar-refractivity contribution in [2.24, 2.45) is 20.0 Å². The van der Waals surface area contributed by atoms with Crippen molar-refractivity contribution in [1.29, 1.82) is 0 Å². The van der Waals surface area contributed by atoms with Crippen LogP contribution in [0.25, 0.3) is 11.0 Å². The second-order valence-corrected chi connectivity index (χ2v) is 18.7. The lowest BCUT2D eigenvalue weighted by molar-refractivity contribution is 0.0848. The van der Waals surface area contributed by atoms with Gasteiger partial charge in [-0.3, -0.25) is 24.8 Å². The van der Waals surface area contributed by atoms with E-state index in [0.29, 0.717) is 44.0 Å². The molecule has 77 heavy (non-hydrogen) atoms. The van der Waals surface area contributed by atoms with Gasteiger partial charge in [-0.1, -0.05) is 58.6 Å². The number of nitrogens with zero attached hydrogens (tertiary/aromatic N) is 5. The number of aromatic nitrogens is 2. The number of fused-ring (bicyclic) bond motifs is 1. The van der Waals surface area contributed by atoms with E-state index in [1.165, 1.54) is 7.11 Å². The van der Waals surface area contributed by atoms with Gasteiger partial charge in [-0.05, 0) is 182 Å². The van der Waals surface area contributed by atoms with Crippen LogP contribution < -0.4 is 4.74 Å². The Hall–Kier alpha value is -8.69. The largest absolute Gasteiger partial charge is 0.507 e. The van der Waals surface area contributed by atoms with E-state index in [1.807, 2.05) is 131 Å². The molecule has 13 nitrogen and oxygen atoms in total. The molecule has 0 atom stereocenters. The van der Waals surface area contributed by atoms with E-state index < -0.39 is 0 Å². The highest BCUT2D eigenvalue weighted by Gasteiger charge is 2.07. The van der Waals surface area contributed by atoms with Gasteiger partial charge < -0.3 is 34.9 Å². The van der Waals surface area contributed by atoms with Gasteiger partial charge in [0.25, 0.3) is 0 Å². The highest BCUT2D eigenvalue weighted by atomic mass is 79.9. The van der Waals surface area contributed by atoms with Gasteiger partial charge in [0.15, 0.2) is 5.78 Å². The number of rotatable bonds is 13. The van der Waals surface area contributed by atoms with Gasteiger partial charge in [0.2, 0.25) is 0 Å². The highest BCUT2D eigenvalue weighted by Crippen LogP contribution is 2.29. The SMILES string of the molecule is COCC(=O)c1ccc(N=Cc2cc(C)ccc2O)cc1.COc1ccc(CN=Cc2cc(C)ccc2O)cc1.Cc1cc(Br)c(O)c(C=Nc2ccc3nc[nH]c3c2)c1.Cc1ccc(O)c(C=Nc2ccc(Cl)cc2)c1. The zero-order valence-corrected chi connectivity index (χ0v) is 45.7. The van der Waals surface area contributed by atoms with Gasteiger partial charge in [-0.25, -0.2) is 4.98 Å². The van der Waals surface area contributed by atoms with Gasteiger partial charge in [0.1, 0.15) is 35.4 Å². The Morgan fingerprint density at radius 2 is 1.08 bits per heavy atom. The minimum atomic E-state index is -0.0654. The van der Waals surface area contributed by atoms with E-state index in [9.17, 15) is 25.2 Å². The van der Waals surface area contributed by atoms with Crippen LogP contribution in [-0.4, -0.2) is 81.9 Å². The first-order valence-corrected chi connectivity index (χ1v) is 25.2. The van der Waals surface area contributed by atoms with Crippen LogP contribution in [0, 0.1) is 27.7 Å². The summed E-state index contributed by atoms with van der Waals surface area (Å²) in [5.74, 6) is 1.64. The topological polar surface area (TPSA) is 195 Å². The molecule has 5 N–H and O–H groups in total. The summed E-state index contributed by atoms with van der Waals surface area (Å²) in [6.45, 7) is 8.53. The number of methoxy groups -OCH3 is 2. The summed E-state index contributed by atoms with van der Waals surface area (Å²) in [4.78, 5) is 36.1. The van der Waals surface area contributed by atoms with Crippen molar-refractivity contribution in [3.05, 3.63) is 229 Å². The fourth-order valence-corrected chi connectivity index (χ4v) is 7.80. The molecule has 15 heteroatoms. The van der Waals surface area contributed by atoms with Crippen LogP contribution in [0.5, 0.6) is 28.7 Å². The zero-order chi connectivity index (χ0) is 55.3. The van der Waals surface area contributed by atoms with E-state index in [4.69, 9.17) is 21.1 Å². The van der Waals surface area contributed by atoms with Crippen molar-refractivity contribution in [3.63, 3.8) is 0 Å². The lowest BCUT2D eigenvalue weighted by atomic mass is 10.1. The summed E-state index contributed by atoms with van der Waals surface area (Å²) < 4.78 is 10.6. The molecule has 0 bridgehead atoms. The number of carbonyl (C=O) groups excluding carboxylic acids is 1. The molecule has 8 aromatic carbocycles. The molecule has 392 valence electrons. The molecule has 0 amide bonds. The fraction of sp³-hybridized carbons (Fsp3) is 0.129. The first kappa shape index (κ1) is 57.6. The smallest absolute Gasteiger partial charge is 0.188 e. The average molecular weight is 1110 g/mol. The number of phenols is 4. The molecule has 9 rings (SSSR count). The van der Waals surface area contributed by atoms with E-state index in [1.54, 1.807) is 92.9 Å². The van der Waals surface area contributed by atoms with E-state index in [0.717, 1.165) is 61.5 Å². The number of ether oxygens (including phenoxy) is 2. The standard InChI is InChI=1S/C17H17NO3.C16H17NO2.C15H12BrN3O.C14H12ClNO/c1-12-3-8-16(19)14(9-12)10-18-15-6-4-13(5-7-15)17(20)11-21-2;1-12-3-8-16(18)14(9-12)11-17-10-13-4-6-15(19-2)7-5-13;1-9-4-10(15(20)12(16)5-9)7-17-11-2-3-13-14(6-11)19-8-18-13;1-10-2-7-14(17)11(8-10)9-16-13-5-3-12(15)4-6-13/h3-10,19H,11H2,1-2H3;3-9,11,18H,10H2,1-2H3;2-8,20H,1H3,(H,18,19);2-9,17H,1H3. The van der Waals surface area contributed by atoms with Gasteiger partial charge in [-0.15, -0.1) is 0 Å². The number of hydrogen-bond acceptors (Lipinski definition) is 12. The van der Waals surface area contributed by atoms with Crippen molar-refractivity contribution < 1.29 is 34.7 Å². The maximum atomic E-state index is 11.6. The van der Waals surface area contributed by atoms with Crippen LogP contribution >= 0.6 is 27.5 Å². The molecular weight excluding hydrogens is 1060 g/mol. The summed E-state index contributed by atoms with van der Waals surface area (Å²) in [5.41, 5.74) is 12.9. The number of aliphatic imine (C=N–C) groups is 4. The Morgan fingerprint density at radius 3 is 1.62 bits per heavy atom. The first-order valence-electron chi connectivity index (χ1n) is 24.0. The number of aromatic amines is 1. The number of H-pyrrole nitrogens is 1. The van der Waals surface area contributed by atoms with E-state index in [2.05, 4.69) is 45.9 Å². The summed E-state index contributed by atoms with van der Waals surface area (Å²) in [6, 6.07) is 47.6. The van der Waals surface area contributed by atoms with Crippen molar-refractivity contribution in [2.75, 3.05) is 20.8 Å². The van der Waals surface area contributed by atoms with Gasteiger partial charge in [0, 0.05) is 64.8 Å². The number of ketones is 1. The van der Waals surface area contributed by atoms with Crippen LogP contribution in [0.4, 0.5) is 17.1 Å². The Balaban J connectivity index is 0.000000167. The second-order valence-electron chi connectivity index (χ2n) is 17.4. The van der Waals surface area contributed by atoms with Crippen molar-refractivity contribution in [1.82, 2.24) is 9.97 Å². The number of Topliss-reactive ketones (excluding diaryl/α,β-unsaturated/α-hetero) is 1.